The molecule has 3 aromatic rings. The minimum atomic E-state index is 0.0551. The Morgan fingerprint density at radius 1 is 1.24 bits per heavy atom. The average Bonchev–Trinajstić information content (AvgIpc) is 2.57. The molecular formula is C20H24N4O. The Hall–Kier alpha value is -2.69. The minimum Gasteiger partial charge on any atom is -0.368 e. The van der Waals surface area contributed by atoms with Gasteiger partial charge in [0.1, 0.15) is 0 Å². The van der Waals surface area contributed by atoms with Gasteiger partial charge in [0.05, 0.1) is 11.1 Å². The average molecular weight is 336 g/mol. The first-order chi connectivity index (χ1) is 12.0. The van der Waals surface area contributed by atoms with E-state index in [1.54, 1.807) is 6.20 Å². The van der Waals surface area contributed by atoms with Crippen molar-refractivity contribution in [2.75, 3.05) is 5.73 Å². The monoisotopic (exact) mass is 336 g/mol. The van der Waals surface area contributed by atoms with Crippen LogP contribution in [0.1, 0.15) is 32.3 Å². The maximum atomic E-state index is 13.0. The first-order valence-electron chi connectivity index (χ1n) is 8.68. The van der Waals surface area contributed by atoms with Crippen molar-refractivity contribution in [3.8, 4) is 11.1 Å². The lowest BCUT2D eigenvalue weighted by atomic mass is 10.0. The summed E-state index contributed by atoms with van der Waals surface area (Å²) in [4.78, 5) is 21.2. The van der Waals surface area contributed by atoms with E-state index in [1.807, 2.05) is 42.0 Å². The van der Waals surface area contributed by atoms with Crippen LogP contribution < -0.4 is 11.3 Å². The molecule has 0 aliphatic heterocycles. The van der Waals surface area contributed by atoms with Crippen LogP contribution in [0.3, 0.4) is 0 Å². The van der Waals surface area contributed by atoms with E-state index in [4.69, 9.17) is 5.73 Å². The van der Waals surface area contributed by atoms with Gasteiger partial charge in [0.15, 0.2) is 0 Å². The number of nitrogen functional groups attached to an aromatic ring is 1. The molecule has 0 aliphatic rings. The van der Waals surface area contributed by atoms with Crippen molar-refractivity contribution < 1.29 is 0 Å². The number of fused-ring (bicyclic) bond motifs is 1. The highest BCUT2D eigenvalue weighted by atomic mass is 16.1. The van der Waals surface area contributed by atoms with Gasteiger partial charge < -0.3 is 10.3 Å². The molecular weight excluding hydrogens is 312 g/mol. The molecule has 5 nitrogen and oxygen atoms in total. The number of aromatic nitrogens is 3. The van der Waals surface area contributed by atoms with Crippen LogP contribution in [-0.2, 0) is 6.54 Å². The third kappa shape index (κ3) is 3.71. The highest BCUT2D eigenvalue weighted by Crippen LogP contribution is 2.24. The van der Waals surface area contributed by atoms with Crippen molar-refractivity contribution in [2.45, 2.75) is 40.2 Å². The summed E-state index contributed by atoms with van der Waals surface area (Å²) in [6.07, 6.45) is 5.71. The Bertz CT molecular complexity index is 960. The van der Waals surface area contributed by atoms with Gasteiger partial charge in [0.2, 0.25) is 5.95 Å². The molecule has 0 aliphatic carbocycles. The van der Waals surface area contributed by atoms with Gasteiger partial charge in [-0.15, -0.1) is 0 Å². The van der Waals surface area contributed by atoms with Gasteiger partial charge in [-0.2, -0.15) is 0 Å². The lowest BCUT2D eigenvalue weighted by Gasteiger charge is -2.12. The van der Waals surface area contributed by atoms with Crippen LogP contribution in [0.4, 0.5) is 5.95 Å². The first-order valence-corrected chi connectivity index (χ1v) is 8.68. The zero-order chi connectivity index (χ0) is 18.0. The maximum Gasteiger partial charge on any atom is 0.258 e. The molecule has 0 radical (unpaired) electrons. The minimum absolute atomic E-state index is 0.0551. The van der Waals surface area contributed by atoms with E-state index >= 15 is 0 Å². The second kappa shape index (κ2) is 7.05. The second-order valence-electron chi connectivity index (χ2n) is 6.91. The van der Waals surface area contributed by atoms with Gasteiger partial charge >= 0.3 is 0 Å². The Labute approximate surface area is 147 Å². The largest absolute Gasteiger partial charge is 0.368 e. The normalized spacial score (nSPS) is 11.4. The van der Waals surface area contributed by atoms with Crippen molar-refractivity contribution in [3.63, 3.8) is 0 Å². The van der Waals surface area contributed by atoms with Gasteiger partial charge in [-0.1, -0.05) is 19.9 Å². The topological polar surface area (TPSA) is 73.8 Å². The van der Waals surface area contributed by atoms with E-state index < -0.39 is 0 Å². The fraction of sp³-hybridized carbons (Fsp3) is 0.350. The summed E-state index contributed by atoms with van der Waals surface area (Å²) in [7, 11) is 0. The summed E-state index contributed by atoms with van der Waals surface area (Å²) in [5.74, 6) is 0.900. The molecule has 0 saturated heterocycles. The third-order valence-electron chi connectivity index (χ3n) is 4.44. The predicted molar refractivity (Wildman–Crippen MR) is 102 cm³/mol. The lowest BCUT2D eigenvalue weighted by Crippen LogP contribution is -2.22. The van der Waals surface area contributed by atoms with Gasteiger partial charge in [-0.05, 0) is 55.0 Å². The summed E-state index contributed by atoms with van der Waals surface area (Å²) in [6, 6.07) is 7.78. The van der Waals surface area contributed by atoms with Crippen LogP contribution >= 0.6 is 0 Å². The van der Waals surface area contributed by atoms with E-state index in [-0.39, 0.29) is 11.5 Å². The van der Waals surface area contributed by atoms with Crippen molar-refractivity contribution in [1.29, 1.82) is 0 Å². The molecule has 2 heterocycles. The Balaban J connectivity index is 2.01. The molecule has 0 unspecified atom stereocenters. The van der Waals surface area contributed by atoms with E-state index in [1.165, 1.54) is 0 Å². The van der Waals surface area contributed by atoms with Crippen molar-refractivity contribution >= 4 is 16.9 Å². The standard InChI is InChI=1S/C20H24N4O/c1-13(2)5-4-9-24-10-8-14(3)18(19(24)25)15-6-7-17-16(11-15)12-22-20(21)23-17/h6-8,10-13H,4-5,9H2,1-3H3,(H2,21,22,23). The number of pyridine rings is 1. The fourth-order valence-corrected chi connectivity index (χ4v) is 3.07. The van der Waals surface area contributed by atoms with Crippen LogP contribution in [0.25, 0.3) is 22.0 Å². The smallest absolute Gasteiger partial charge is 0.258 e. The highest BCUT2D eigenvalue weighted by Gasteiger charge is 2.11. The Morgan fingerprint density at radius 2 is 2.04 bits per heavy atom. The predicted octanol–water partition coefficient (Wildman–Crippen LogP) is 3.79. The first kappa shape index (κ1) is 17.1. The van der Waals surface area contributed by atoms with Crippen LogP contribution in [0, 0.1) is 12.8 Å². The van der Waals surface area contributed by atoms with Crippen molar-refractivity contribution in [2.24, 2.45) is 5.92 Å². The van der Waals surface area contributed by atoms with Crippen LogP contribution in [0.15, 0.2) is 41.5 Å². The quantitative estimate of drug-likeness (QED) is 0.769. The zero-order valence-electron chi connectivity index (χ0n) is 15.0. The number of rotatable bonds is 5. The molecule has 25 heavy (non-hydrogen) atoms. The molecule has 3 rings (SSSR count). The zero-order valence-corrected chi connectivity index (χ0v) is 15.0. The summed E-state index contributed by atoms with van der Waals surface area (Å²) in [5.41, 5.74) is 9.07. The molecule has 0 fully saturated rings. The maximum absolute atomic E-state index is 13.0. The highest BCUT2D eigenvalue weighted by molar-refractivity contribution is 5.84. The van der Waals surface area contributed by atoms with Crippen LogP contribution in [0.5, 0.6) is 0 Å². The molecule has 2 N–H and O–H groups in total. The van der Waals surface area contributed by atoms with E-state index in [9.17, 15) is 4.79 Å². The van der Waals surface area contributed by atoms with Gasteiger partial charge in [0, 0.05) is 24.3 Å². The van der Waals surface area contributed by atoms with Crippen molar-refractivity contribution in [3.05, 3.63) is 52.6 Å². The number of hydrogen-bond acceptors (Lipinski definition) is 4. The van der Waals surface area contributed by atoms with Gasteiger partial charge in [0.25, 0.3) is 5.56 Å². The van der Waals surface area contributed by atoms with E-state index in [0.29, 0.717) is 5.92 Å². The van der Waals surface area contributed by atoms with E-state index in [2.05, 4.69) is 23.8 Å². The molecule has 5 heteroatoms. The van der Waals surface area contributed by atoms with Crippen LogP contribution in [0.2, 0.25) is 0 Å². The number of aryl methyl sites for hydroxylation is 2. The molecule has 0 saturated carbocycles. The summed E-state index contributed by atoms with van der Waals surface area (Å²) in [5, 5.41) is 0.876. The van der Waals surface area contributed by atoms with Crippen LogP contribution in [-0.4, -0.2) is 14.5 Å². The van der Waals surface area contributed by atoms with Gasteiger partial charge in [-0.25, -0.2) is 9.97 Å². The Morgan fingerprint density at radius 3 is 2.80 bits per heavy atom. The molecule has 0 spiro atoms. The number of nitrogens with zero attached hydrogens (tertiary/aromatic N) is 3. The van der Waals surface area contributed by atoms with Gasteiger partial charge in [-0.3, -0.25) is 4.79 Å². The summed E-state index contributed by atoms with van der Waals surface area (Å²) in [6.45, 7) is 7.12. The molecule has 0 atom stereocenters. The lowest BCUT2D eigenvalue weighted by molar-refractivity contribution is 0.506. The number of hydrogen-bond donors (Lipinski definition) is 1. The molecule has 130 valence electrons. The SMILES string of the molecule is Cc1ccn(CCCC(C)C)c(=O)c1-c1ccc2nc(N)ncc2c1. The molecule has 0 amide bonds. The fourth-order valence-electron chi connectivity index (χ4n) is 3.07. The number of benzene rings is 1. The van der Waals surface area contributed by atoms with Crippen molar-refractivity contribution in [1.82, 2.24) is 14.5 Å². The number of nitrogens with two attached hydrogens (primary N) is 1. The third-order valence-corrected chi connectivity index (χ3v) is 4.44. The molecule has 0 bridgehead atoms. The second-order valence-corrected chi connectivity index (χ2v) is 6.91. The summed E-state index contributed by atoms with van der Waals surface area (Å²) >= 11 is 0. The van der Waals surface area contributed by atoms with E-state index in [0.717, 1.165) is 47.0 Å². The molecule has 1 aromatic carbocycles. The molecule has 2 aromatic heterocycles. The Kier molecular flexibility index (Phi) is 4.83. The summed E-state index contributed by atoms with van der Waals surface area (Å²) < 4.78 is 1.81. The number of anilines is 1.